The van der Waals surface area contributed by atoms with Crippen molar-refractivity contribution in [1.29, 1.82) is 0 Å². The standard InChI is InChI=1S/C11H16.C7H8.C2H6/c1-9(2)8-11-7-5-4-6-10(11)3;1-7-5-3-2-4-6-7;1-2/h5-9H,4H2,1-3H3;2-6H,1H3;1-2H3/b11-8-;;. The molecular formula is C20H30. The third-order valence-electron chi connectivity index (χ3n) is 2.77. The van der Waals surface area contributed by atoms with E-state index < -0.39 is 0 Å². The van der Waals surface area contributed by atoms with Gasteiger partial charge in [0, 0.05) is 0 Å². The molecular weight excluding hydrogens is 240 g/mol. The largest absolute Gasteiger partial charge is 0.0801 e. The van der Waals surface area contributed by atoms with E-state index in [1.807, 2.05) is 32.0 Å². The molecule has 0 saturated carbocycles. The van der Waals surface area contributed by atoms with Crippen molar-refractivity contribution in [2.75, 3.05) is 0 Å². The van der Waals surface area contributed by atoms with E-state index in [9.17, 15) is 0 Å². The maximum Gasteiger partial charge on any atom is -0.0160 e. The number of hydrogen-bond acceptors (Lipinski definition) is 0. The van der Waals surface area contributed by atoms with Gasteiger partial charge in [0.1, 0.15) is 0 Å². The minimum Gasteiger partial charge on any atom is -0.0801 e. The summed E-state index contributed by atoms with van der Waals surface area (Å²) >= 11 is 0. The van der Waals surface area contributed by atoms with Crippen LogP contribution in [0.3, 0.4) is 0 Å². The Hall–Kier alpha value is -1.56. The van der Waals surface area contributed by atoms with E-state index in [2.05, 4.69) is 64.1 Å². The molecule has 0 aromatic heterocycles. The van der Waals surface area contributed by atoms with E-state index in [1.54, 1.807) is 0 Å². The molecule has 110 valence electrons. The van der Waals surface area contributed by atoms with Gasteiger partial charge in [-0.05, 0) is 37.3 Å². The molecule has 0 unspecified atom stereocenters. The summed E-state index contributed by atoms with van der Waals surface area (Å²) in [5.41, 5.74) is 4.13. The van der Waals surface area contributed by atoms with Crippen LogP contribution in [0, 0.1) is 12.8 Å². The van der Waals surface area contributed by atoms with Crippen LogP contribution < -0.4 is 0 Å². The fraction of sp³-hybridized carbons (Fsp3) is 0.400. The third-order valence-corrected chi connectivity index (χ3v) is 2.77. The fourth-order valence-corrected chi connectivity index (χ4v) is 1.77. The van der Waals surface area contributed by atoms with Gasteiger partial charge in [0.15, 0.2) is 0 Å². The van der Waals surface area contributed by atoms with Crippen molar-refractivity contribution < 1.29 is 0 Å². The summed E-state index contributed by atoms with van der Waals surface area (Å²) < 4.78 is 0. The van der Waals surface area contributed by atoms with Crippen molar-refractivity contribution in [2.45, 2.75) is 48.0 Å². The molecule has 1 aromatic carbocycles. The minimum atomic E-state index is 0.649. The summed E-state index contributed by atoms with van der Waals surface area (Å²) in [5.74, 6) is 0.649. The quantitative estimate of drug-likeness (QED) is 0.546. The van der Waals surface area contributed by atoms with Crippen LogP contribution in [0.5, 0.6) is 0 Å². The predicted molar refractivity (Wildman–Crippen MR) is 93.0 cm³/mol. The molecule has 0 nitrogen and oxygen atoms in total. The van der Waals surface area contributed by atoms with Gasteiger partial charge in [-0.15, -0.1) is 0 Å². The zero-order valence-electron chi connectivity index (χ0n) is 14.0. The Kier molecular flexibility index (Phi) is 10.4. The Morgan fingerprint density at radius 1 is 1.00 bits per heavy atom. The molecule has 0 bridgehead atoms. The van der Waals surface area contributed by atoms with Gasteiger partial charge < -0.3 is 0 Å². The lowest BCUT2D eigenvalue weighted by molar-refractivity contribution is 0.825. The van der Waals surface area contributed by atoms with Crippen molar-refractivity contribution in [1.82, 2.24) is 0 Å². The lowest BCUT2D eigenvalue weighted by Crippen LogP contribution is -1.90. The summed E-state index contributed by atoms with van der Waals surface area (Å²) in [6.07, 6.45) is 10.1. The van der Waals surface area contributed by atoms with E-state index in [0.717, 1.165) is 6.42 Å². The Morgan fingerprint density at radius 2 is 1.60 bits per heavy atom. The first-order valence-corrected chi connectivity index (χ1v) is 7.66. The van der Waals surface area contributed by atoms with Crippen LogP contribution in [-0.2, 0) is 0 Å². The molecule has 1 aliphatic rings. The Labute approximate surface area is 125 Å². The zero-order valence-corrected chi connectivity index (χ0v) is 14.0. The molecule has 0 aliphatic heterocycles. The van der Waals surface area contributed by atoms with Crippen LogP contribution in [-0.4, -0.2) is 0 Å². The summed E-state index contributed by atoms with van der Waals surface area (Å²) in [6, 6.07) is 10.3. The molecule has 0 saturated heterocycles. The second-order valence-electron chi connectivity index (χ2n) is 5.05. The number of benzene rings is 1. The van der Waals surface area contributed by atoms with Gasteiger partial charge >= 0.3 is 0 Å². The van der Waals surface area contributed by atoms with Crippen molar-refractivity contribution >= 4 is 0 Å². The Balaban J connectivity index is 0.000000345. The Bertz CT molecular complexity index is 430. The van der Waals surface area contributed by atoms with E-state index in [1.165, 1.54) is 16.7 Å². The topological polar surface area (TPSA) is 0 Å². The van der Waals surface area contributed by atoms with E-state index >= 15 is 0 Å². The Morgan fingerprint density at radius 3 is 2.00 bits per heavy atom. The number of rotatable bonds is 1. The molecule has 1 aliphatic carbocycles. The maximum atomic E-state index is 2.31. The highest BCUT2D eigenvalue weighted by Gasteiger charge is 1.99. The number of hydrogen-bond donors (Lipinski definition) is 0. The monoisotopic (exact) mass is 270 g/mol. The van der Waals surface area contributed by atoms with Crippen molar-refractivity contribution in [3.63, 3.8) is 0 Å². The second kappa shape index (κ2) is 11.3. The average Bonchev–Trinajstić information content (AvgIpc) is 2.45. The second-order valence-corrected chi connectivity index (χ2v) is 5.05. The zero-order chi connectivity index (χ0) is 15.4. The summed E-state index contributed by atoms with van der Waals surface area (Å²) in [5, 5.41) is 0. The van der Waals surface area contributed by atoms with Crippen molar-refractivity contribution in [3.05, 3.63) is 71.3 Å². The van der Waals surface area contributed by atoms with E-state index in [-0.39, 0.29) is 0 Å². The highest BCUT2D eigenvalue weighted by atomic mass is 14.1. The summed E-state index contributed by atoms with van der Waals surface area (Å²) in [6.45, 7) is 12.7. The lowest BCUT2D eigenvalue weighted by Gasteiger charge is -2.08. The van der Waals surface area contributed by atoms with Crippen LogP contribution in [0.4, 0.5) is 0 Å². The molecule has 0 heteroatoms. The summed E-state index contributed by atoms with van der Waals surface area (Å²) in [7, 11) is 0. The van der Waals surface area contributed by atoms with Gasteiger partial charge in [-0.1, -0.05) is 87.9 Å². The maximum absolute atomic E-state index is 2.31. The predicted octanol–water partition coefficient (Wildman–Crippen LogP) is 6.50. The molecule has 0 radical (unpaired) electrons. The normalized spacial score (nSPS) is 14.9. The van der Waals surface area contributed by atoms with Gasteiger partial charge in [0.05, 0.1) is 0 Å². The van der Waals surface area contributed by atoms with Crippen LogP contribution >= 0.6 is 0 Å². The van der Waals surface area contributed by atoms with Gasteiger partial charge in [-0.25, -0.2) is 0 Å². The number of aryl methyl sites for hydroxylation is 1. The average molecular weight is 270 g/mol. The fourth-order valence-electron chi connectivity index (χ4n) is 1.77. The molecule has 20 heavy (non-hydrogen) atoms. The van der Waals surface area contributed by atoms with Crippen LogP contribution in [0.1, 0.15) is 46.6 Å². The molecule has 0 spiro atoms. The molecule has 0 fully saturated rings. The highest BCUT2D eigenvalue weighted by molar-refractivity contribution is 5.41. The number of allylic oxidation sites excluding steroid dienone is 6. The van der Waals surface area contributed by atoms with Crippen LogP contribution in [0.15, 0.2) is 65.8 Å². The molecule has 0 amide bonds. The van der Waals surface area contributed by atoms with Crippen molar-refractivity contribution in [2.24, 2.45) is 5.92 Å². The molecule has 0 N–H and O–H groups in total. The first-order valence-electron chi connectivity index (χ1n) is 7.66. The van der Waals surface area contributed by atoms with Crippen molar-refractivity contribution in [3.8, 4) is 0 Å². The molecule has 0 atom stereocenters. The first kappa shape index (κ1) is 18.4. The van der Waals surface area contributed by atoms with Gasteiger partial charge in [-0.2, -0.15) is 0 Å². The highest BCUT2D eigenvalue weighted by Crippen LogP contribution is 2.18. The molecule has 0 heterocycles. The van der Waals surface area contributed by atoms with Crippen LogP contribution in [0.25, 0.3) is 0 Å². The van der Waals surface area contributed by atoms with Crippen LogP contribution in [0.2, 0.25) is 0 Å². The molecule has 2 rings (SSSR count). The smallest absolute Gasteiger partial charge is 0.0160 e. The van der Waals surface area contributed by atoms with Gasteiger partial charge in [0.25, 0.3) is 0 Å². The van der Waals surface area contributed by atoms with Gasteiger partial charge in [0.2, 0.25) is 0 Å². The SMILES string of the molecule is CC.CC1=CCC=C/C1=C/C(C)C.Cc1ccccc1. The van der Waals surface area contributed by atoms with E-state index in [4.69, 9.17) is 0 Å². The van der Waals surface area contributed by atoms with Gasteiger partial charge in [-0.3, -0.25) is 0 Å². The lowest BCUT2D eigenvalue weighted by atomic mass is 9.98. The first-order chi connectivity index (χ1) is 9.59. The minimum absolute atomic E-state index is 0.649. The summed E-state index contributed by atoms with van der Waals surface area (Å²) in [4.78, 5) is 0. The van der Waals surface area contributed by atoms with E-state index in [0.29, 0.717) is 5.92 Å². The molecule has 1 aromatic rings. The third kappa shape index (κ3) is 8.53.